The number of nitrogens with zero attached hydrogens (tertiary/aromatic N) is 2. The number of aliphatic hydroxyl groups excluding tert-OH is 1. The molecule has 2 amide bonds. The fraction of sp³-hybridized carbons (Fsp3) is 0.438. The topological polar surface area (TPSA) is 98.1 Å². The van der Waals surface area contributed by atoms with Gasteiger partial charge in [-0.2, -0.15) is 0 Å². The molecule has 8 heteroatoms. The molecule has 0 bridgehead atoms. The van der Waals surface area contributed by atoms with Crippen LogP contribution in [-0.2, 0) is 9.59 Å². The molecule has 1 fully saturated rings. The molecule has 3 heterocycles. The van der Waals surface area contributed by atoms with Crippen molar-refractivity contribution < 1.29 is 24.6 Å². The molecule has 128 valence electrons. The third kappa shape index (κ3) is 2.33. The van der Waals surface area contributed by atoms with Gasteiger partial charge in [-0.3, -0.25) is 9.59 Å². The molecule has 1 aromatic rings. The Labute approximate surface area is 142 Å². The van der Waals surface area contributed by atoms with Gasteiger partial charge in [-0.15, -0.1) is 11.3 Å². The zero-order valence-corrected chi connectivity index (χ0v) is 14.3. The summed E-state index contributed by atoms with van der Waals surface area (Å²) in [5, 5.41) is 21.0. The highest BCUT2D eigenvalue weighted by Gasteiger charge is 2.56. The second kappa shape index (κ2) is 5.71. The normalized spacial score (nSPS) is 23.8. The van der Waals surface area contributed by atoms with Crippen LogP contribution in [0.2, 0.25) is 0 Å². The van der Waals surface area contributed by atoms with Gasteiger partial charge < -0.3 is 20.0 Å². The number of aliphatic carboxylic acids is 1. The van der Waals surface area contributed by atoms with E-state index < -0.39 is 18.0 Å². The Bertz CT molecular complexity index is 764. The zero-order valence-electron chi connectivity index (χ0n) is 13.5. The summed E-state index contributed by atoms with van der Waals surface area (Å²) < 4.78 is 0. The van der Waals surface area contributed by atoms with Crippen molar-refractivity contribution >= 4 is 34.7 Å². The van der Waals surface area contributed by atoms with Crippen molar-refractivity contribution in [3.05, 3.63) is 27.6 Å². The maximum atomic E-state index is 12.2. The van der Waals surface area contributed by atoms with E-state index in [0.717, 1.165) is 0 Å². The first-order chi connectivity index (χ1) is 11.2. The van der Waals surface area contributed by atoms with Gasteiger partial charge in [-0.25, -0.2) is 4.79 Å². The van der Waals surface area contributed by atoms with Crippen molar-refractivity contribution in [2.75, 3.05) is 14.1 Å². The Morgan fingerprint density at radius 1 is 1.42 bits per heavy atom. The van der Waals surface area contributed by atoms with E-state index in [0.29, 0.717) is 22.4 Å². The minimum Gasteiger partial charge on any atom is -0.477 e. The summed E-state index contributed by atoms with van der Waals surface area (Å²) in [6, 6.07) is 1.34. The molecule has 0 radical (unpaired) electrons. The quantitative estimate of drug-likeness (QED) is 0.785. The number of carboxylic acids is 1. The van der Waals surface area contributed by atoms with Crippen molar-refractivity contribution in [3.8, 4) is 0 Å². The first-order valence-corrected chi connectivity index (χ1v) is 8.40. The fourth-order valence-corrected chi connectivity index (χ4v) is 4.30. The predicted molar refractivity (Wildman–Crippen MR) is 87.3 cm³/mol. The molecule has 24 heavy (non-hydrogen) atoms. The van der Waals surface area contributed by atoms with Crippen molar-refractivity contribution in [2.45, 2.75) is 25.5 Å². The van der Waals surface area contributed by atoms with Gasteiger partial charge in [-0.05, 0) is 35.9 Å². The Kier molecular flexibility index (Phi) is 3.97. The van der Waals surface area contributed by atoms with Gasteiger partial charge in [0.05, 0.1) is 22.9 Å². The Morgan fingerprint density at radius 3 is 2.62 bits per heavy atom. The average molecular weight is 350 g/mol. The van der Waals surface area contributed by atoms with Crippen LogP contribution in [0.15, 0.2) is 17.1 Å². The SMILES string of the molecule is C[C@@H](O)C1C(=O)N2C(C(=O)O)=C(c3csc(C(=O)N(C)C)c3)CC12. The van der Waals surface area contributed by atoms with E-state index in [1.165, 1.54) is 28.1 Å². The minimum atomic E-state index is -1.17. The predicted octanol–water partition coefficient (Wildman–Crippen LogP) is 0.857. The van der Waals surface area contributed by atoms with Crippen molar-refractivity contribution in [2.24, 2.45) is 5.92 Å². The highest BCUT2D eigenvalue weighted by atomic mass is 32.1. The van der Waals surface area contributed by atoms with Gasteiger partial charge in [0.1, 0.15) is 5.70 Å². The summed E-state index contributed by atoms with van der Waals surface area (Å²) in [5.74, 6) is -2.25. The number of fused-ring (bicyclic) bond motifs is 1. The molecule has 0 aliphatic carbocycles. The van der Waals surface area contributed by atoms with Crippen LogP contribution in [0.3, 0.4) is 0 Å². The third-order valence-corrected chi connectivity index (χ3v) is 5.41. The summed E-state index contributed by atoms with van der Waals surface area (Å²) in [7, 11) is 3.30. The first kappa shape index (κ1) is 16.7. The van der Waals surface area contributed by atoms with Gasteiger partial charge in [0.2, 0.25) is 5.91 Å². The molecule has 0 aromatic carbocycles. The second-order valence-electron chi connectivity index (χ2n) is 6.28. The first-order valence-electron chi connectivity index (χ1n) is 7.52. The number of thiophene rings is 1. The van der Waals surface area contributed by atoms with E-state index >= 15 is 0 Å². The lowest BCUT2D eigenvalue weighted by Gasteiger charge is -2.44. The summed E-state index contributed by atoms with van der Waals surface area (Å²) in [6.07, 6.45) is -0.448. The van der Waals surface area contributed by atoms with E-state index in [4.69, 9.17) is 0 Å². The van der Waals surface area contributed by atoms with Gasteiger partial charge in [0.25, 0.3) is 5.91 Å². The van der Waals surface area contributed by atoms with Crippen LogP contribution in [-0.4, -0.2) is 64.0 Å². The summed E-state index contributed by atoms with van der Waals surface area (Å²) in [4.78, 5) is 39.1. The number of amides is 2. The number of carboxylic acid groups (broad SMARTS) is 1. The molecular weight excluding hydrogens is 332 g/mol. The van der Waals surface area contributed by atoms with E-state index in [1.807, 2.05) is 0 Å². The standard InChI is InChI=1S/C16H18N2O5S/c1-7(19)12-10-5-9(13(16(22)23)18(10)15(12)21)8-4-11(24-6-8)14(20)17(2)3/h4,6-7,10,12,19H,5H2,1-3H3,(H,22,23)/t7-,10?,12?/m1/s1. The fourth-order valence-electron chi connectivity index (χ4n) is 3.35. The molecule has 2 aliphatic rings. The van der Waals surface area contributed by atoms with Gasteiger partial charge in [-0.1, -0.05) is 0 Å². The monoisotopic (exact) mass is 350 g/mol. The Morgan fingerprint density at radius 2 is 2.08 bits per heavy atom. The van der Waals surface area contributed by atoms with Crippen LogP contribution in [0, 0.1) is 5.92 Å². The number of rotatable bonds is 4. The molecule has 7 nitrogen and oxygen atoms in total. The molecule has 1 saturated heterocycles. The van der Waals surface area contributed by atoms with Crippen LogP contribution in [0.25, 0.3) is 5.57 Å². The highest BCUT2D eigenvalue weighted by Crippen LogP contribution is 2.47. The lowest BCUT2D eigenvalue weighted by Crippen LogP contribution is -2.61. The van der Waals surface area contributed by atoms with Crippen LogP contribution in [0.4, 0.5) is 0 Å². The summed E-state index contributed by atoms with van der Waals surface area (Å²) >= 11 is 1.25. The van der Waals surface area contributed by atoms with Crippen LogP contribution in [0.1, 0.15) is 28.6 Å². The third-order valence-electron chi connectivity index (χ3n) is 4.50. The molecule has 3 atom stereocenters. The molecule has 3 rings (SSSR count). The largest absolute Gasteiger partial charge is 0.477 e. The average Bonchev–Trinajstić information content (AvgIpc) is 3.07. The number of hydrogen-bond donors (Lipinski definition) is 2. The van der Waals surface area contributed by atoms with E-state index in [1.54, 1.807) is 25.5 Å². The highest BCUT2D eigenvalue weighted by molar-refractivity contribution is 7.12. The number of hydrogen-bond acceptors (Lipinski definition) is 5. The van der Waals surface area contributed by atoms with Crippen LogP contribution >= 0.6 is 11.3 Å². The lowest BCUT2D eigenvalue weighted by molar-refractivity contribution is -0.161. The van der Waals surface area contributed by atoms with Gasteiger partial charge in [0.15, 0.2) is 0 Å². The molecule has 2 aliphatic heterocycles. The maximum absolute atomic E-state index is 12.2. The molecule has 1 aromatic heterocycles. The lowest BCUT2D eigenvalue weighted by atomic mass is 9.82. The minimum absolute atomic E-state index is 0.0384. The second-order valence-corrected chi connectivity index (χ2v) is 7.19. The molecular formula is C16H18N2O5S. The Balaban J connectivity index is 1.97. The smallest absolute Gasteiger partial charge is 0.352 e. The Hall–Kier alpha value is -2.19. The van der Waals surface area contributed by atoms with Crippen molar-refractivity contribution in [1.82, 2.24) is 9.80 Å². The maximum Gasteiger partial charge on any atom is 0.352 e. The number of carbonyl (C=O) groups is 3. The van der Waals surface area contributed by atoms with Crippen LogP contribution in [0.5, 0.6) is 0 Å². The van der Waals surface area contributed by atoms with Crippen LogP contribution < -0.4 is 0 Å². The number of β-lactam (4-membered cyclic amide) rings is 1. The zero-order chi connectivity index (χ0) is 17.8. The van der Waals surface area contributed by atoms with Crippen molar-refractivity contribution in [3.63, 3.8) is 0 Å². The van der Waals surface area contributed by atoms with Gasteiger partial charge in [0, 0.05) is 14.1 Å². The molecule has 2 N–H and O–H groups in total. The number of carbonyl (C=O) groups excluding carboxylic acids is 2. The van der Waals surface area contributed by atoms with E-state index in [9.17, 15) is 24.6 Å². The van der Waals surface area contributed by atoms with Crippen molar-refractivity contribution in [1.29, 1.82) is 0 Å². The molecule has 0 spiro atoms. The summed E-state index contributed by atoms with van der Waals surface area (Å²) in [6.45, 7) is 1.54. The summed E-state index contributed by atoms with van der Waals surface area (Å²) in [5.41, 5.74) is 1.15. The van der Waals surface area contributed by atoms with Gasteiger partial charge >= 0.3 is 5.97 Å². The molecule has 2 unspecified atom stereocenters. The van der Waals surface area contributed by atoms with E-state index in [-0.39, 0.29) is 23.6 Å². The number of aliphatic hydroxyl groups is 1. The molecule has 0 saturated carbocycles. The van der Waals surface area contributed by atoms with E-state index in [2.05, 4.69) is 0 Å².